The highest BCUT2D eigenvalue weighted by atomic mass is 16.2. The van der Waals surface area contributed by atoms with E-state index in [0.717, 1.165) is 12.4 Å². The van der Waals surface area contributed by atoms with Crippen molar-refractivity contribution in [2.75, 3.05) is 26.0 Å². The van der Waals surface area contributed by atoms with Gasteiger partial charge in [-0.15, -0.1) is 0 Å². The van der Waals surface area contributed by atoms with Crippen LogP contribution in [-0.4, -0.2) is 36.4 Å². The first-order chi connectivity index (χ1) is 8.71. The summed E-state index contributed by atoms with van der Waals surface area (Å²) in [5, 5.41) is 3.31. The monoisotopic (exact) mass is 263 g/mol. The summed E-state index contributed by atoms with van der Waals surface area (Å²) in [6.07, 6.45) is 1.62. The smallest absolute Gasteiger partial charge is 0.254 e. The van der Waals surface area contributed by atoms with Crippen LogP contribution in [0.2, 0.25) is 0 Å². The number of amides is 1. The highest BCUT2D eigenvalue weighted by molar-refractivity contribution is 5.93. The van der Waals surface area contributed by atoms with Crippen LogP contribution in [-0.2, 0) is 0 Å². The predicted molar refractivity (Wildman–Crippen MR) is 79.4 cm³/mol. The number of anilines is 1. The molecule has 1 amide bonds. The second-order valence-electron chi connectivity index (χ2n) is 6.28. The van der Waals surface area contributed by atoms with Crippen molar-refractivity contribution >= 4 is 11.7 Å². The Morgan fingerprint density at radius 3 is 2.42 bits per heavy atom. The molecule has 0 bridgehead atoms. The van der Waals surface area contributed by atoms with Crippen molar-refractivity contribution in [3.63, 3.8) is 0 Å². The van der Waals surface area contributed by atoms with Gasteiger partial charge in [0.2, 0.25) is 0 Å². The molecule has 0 fully saturated rings. The van der Waals surface area contributed by atoms with Crippen LogP contribution in [0.5, 0.6) is 0 Å². The summed E-state index contributed by atoms with van der Waals surface area (Å²) >= 11 is 0. The molecular weight excluding hydrogens is 238 g/mol. The molecule has 1 heterocycles. The Labute approximate surface area is 116 Å². The molecule has 1 rings (SSSR count). The maximum Gasteiger partial charge on any atom is 0.254 e. The second kappa shape index (κ2) is 6.04. The molecule has 1 N–H and O–H groups in total. The van der Waals surface area contributed by atoms with Crippen molar-refractivity contribution in [1.29, 1.82) is 0 Å². The lowest BCUT2D eigenvalue weighted by molar-refractivity contribution is 0.0827. The van der Waals surface area contributed by atoms with E-state index in [9.17, 15) is 4.79 Å². The largest absolute Gasteiger partial charge is 0.370 e. The number of nitrogens with zero attached hydrogens (tertiary/aromatic N) is 2. The second-order valence-corrected chi connectivity index (χ2v) is 6.28. The van der Waals surface area contributed by atoms with Crippen molar-refractivity contribution in [2.45, 2.75) is 27.7 Å². The predicted octanol–water partition coefficient (Wildman–Crippen LogP) is 2.88. The van der Waals surface area contributed by atoms with Crippen molar-refractivity contribution in [3.05, 3.63) is 23.9 Å². The Morgan fingerprint density at radius 2 is 2.00 bits per heavy atom. The van der Waals surface area contributed by atoms with Gasteiger partial charge in [-0.25, -0.2) is 4.98 Å². The lowest BCUT2D eigenvalue weighted by Crippen LogP contribution is -2.25. The summed E-state index contributed by atoms with van der Waals surface area (Å²) in [6, 6.07) is 3.66. The first-order valence-corrected chi connectivity index (χ1v) is 6.63. The van der Waals surface area contributed by atoms with Crippen LogP contribution < -0.4 is 5.32 Å². The Balaban J connectivity index is 2.61. The lowest BCUT2D eigenvalue weighted by atomic mass is 9.82. The van der Waals surface area contributed by atoms with Crippen molar-refractivity contribution in [2.24, 2.45) is 11.3 Å². The maximum atomic E-state index is 11.7. The van der Waals surface area contributed by atoms with Crippen LogP contribution in [0.25, 0.3) is 0 Å². The van der Waals surface area contributed by atoms with E-state index in [1.54, 1.807) is 31.3 Å². The van der Waals surface area contributed by atoms with Crippen molar-refractivity contribution in [1.82, 2.24) is 9.88 Å². The first kappa shape index (κ1) is 15.5. The molecule has 0 aliphatic heterocycles. The summed E-state index contributed by atoms with van der Waals surface area (Å²) < 4.78 is 0. The maximum absolute atomic E-state index is 11.7. The van der Waals surface area contributed by atoms with Gasteiger partial charge in [0.1, 0.15) is 5.82 Å². The molecule has 0 saturated carbocycles. The topological polar surface area (TPSA) is 45.2 Å². The van der Waals surface area contributed by atoms with Crippen LogP contribution in [0.15, 0.2) is 18.3 Å². The van der Waals surface area contributed by atoms with Gasteiger partial charge in [-0.05, 0) is 23.5 Å². The molecule has 106 valence electrons. The molecule has 0 radical (unpaired) electrons. The molecule has 4 nitrogen and oxygen atoms in total. The third kappa shape index (κ3) is 4.54. The Kier molecular flexibility index (Phi) is 4.92. The highest BCUT2D eigenvalue weighted by Gasteiger charge is 2.19. The van der Waals surface area contributed by atoms with E-state index in [0.29, 0.717) is 11.5 Å². The van der Waals surface area contributed by atoms with E-state index in [-0.39, 0.29) is 11.3 Å². The molecule has 0 saturated heterocycles. The highest BCUT2D eigenvalue weighted by Crippen LogP contribution is 2.25. The molecule has 1 aromatic heterocycles. The Hall–Kier alpha value is -1.58. The quantitative estimate of drug-likeness (QED) is 0.908. The zero-order valence-corrected chi connectivity index (χ0v) is 12.8. The number of pyridine rings is 1. The minimum absolute atomic E-state index is 0.0258. The summed E-state index contributed by atoms with van der Waals surface area (Å²) in [5.74, 6) is 1.32. The van der Waals surface area contributed by atoms with E-state index in [2.05, 4.69) is 38.0 Å². The van der Waals surface area contributed by atoms with Crippen LogP contribution >= 0.6 is 0 Å². The van der Waals surface area contributed by atoms with Gasteiger partial charge in [0.25, 0.3) is 5.91 Å². The number of hydrogen-bond acceptors (Lipinski definition) is 3. The Morgan fingerprint density at radius 1 is 1.37 bits per heavy atom. The molecule has 1 atom stereocenters. The van der Waals surface area contributed by atoms with Crippen LogP contribution in [0.3, 0.4) is 0 Å². The van der Waals surface area contributed by atoms with Gasteiger partial charge in [0, 0.05) is 26.8 Å². The minimum atomic E-state index is -0.0258. The van der Waals surface area contributed by atoms with E-state index >= 15 is 0 Å². The fourth-order valence-electron chi connectivity index (χ4n) is 1.45. The van der Waals surface area contributed by atoms with E-state index in [1.165, 1.54) is 0 Å². The fraction of sp³-hybridized carbons (Fsp3) is 0.600. The number of carbonyl (C=O) groups excluding carboxylic acids is 1. The summed E-state index contributed by atoms with van der Waals surface area (Å²) in [7, 11) is 3.47. The SMILES string of the molecule is CC(CNc1ccc(C(=O)N(C)C)cn1)C(C)(C)C. The van der Waals surface area contributed by atoms with Gasteiger partial charge in [0.15, 0.2) is 0 Å². The average molecular weight is 263 g/mol. The standard InChI is InChI=1S/C15H25N3O/c1-11(15(2,3)4)9-16-13-8-7-12(10-17-13)14(19)18(5)6/h7-8,10-11H,9H2,1-6H3,(H,16,17). The molecule has 1 aromatic rings. The zero-order valence-electron chi connectivity index (χ0n) is 12.8. The van der Waals surface area contributed by atoms with Crippen molar-refractivity contribution in [3.8, 4) is 0 Å². The summed E-state index contributed by atoms with van der Waals surface area (Å²) in [5.41, 5.74) is 0.882. The van der Waals surface area contributed by atoms with E-state index in [1.807, 2.05) is 6.07 Å². The normalized spacial score (nSPS) is 12.9. The van der Waals surface area contributed by atoms with Gasteiger partial charge in [0.05, 0.1) is 5.56 Å². The molecule has 0 aromatic carbocycles. The van der Waals surface area contributed by atoms with Gasteiger partial charge in [-0.1, -0.05) is 27.7 Å². The summed E-state index contributed by atoms with van der Waals surface area (Å²) in [4.78, 5) is 17.5. The minimum Gasteiger partial charge on any atom is -0.370 e. The number of rotatable bonds is 4. The number of carbonyl (C=O) groups is 1. The molecule has 0 aliphatic carbocycles. The molecular formula is C15H25N3O. The fourth-order valence-corrected chi connectivity index (χ4v) is 1.45. The number of aromatic nitrogens is 1. The van der Waals surface area contributed by atoms with Crippen LogP contribution in [0, 0.1) is 11.3 Å². The van der Waals surface area contributed by atoms with Crippen LogP contribution in [0.1, 0.15) is 38.1 Å². The molecule has 1 unspecified atom stereocenters. The van der Waals surface area contributed by atoms with E-state index < -0.39 is 0 Å². The van der Waals surface area contributed by atoms with Crippen molar-refractivity contribution < 1.29 is 4.79 Å². The molecule has 0 spiro atoms. The van der Waals surface area contributed by atoms with Gasteiger partial charge in [-0.3, -0.25) is 4.79 Å². The molecule has 19 heavy (non-hydrogen) atoms. The zero-order chi connectivity index (χ0) is 14.6. The van der Waals surface area contributed by atoms with Gasteiger partial charge >= 0.3 is 0 Å². The average Bonchev–Trinajstić information content (AvgIpc) is 2.34. The number of hydrogen-bond donors (Lipinski definition) is 1. The molecule has 4 heteroatoms. The Bertz CT molecular complexity index is 418. The first-order valence-electron chi connectivity index (χ1n) is 6.63. The third-order valence-electron chi connectivity index (χ3n) is 3.48. The third-order valence-corrected chi connectivity index (χ3v) is 3.48. The molecule has 0 aliphatic rings. The van der Waals surface area contributed by atoms with Crippen LogP contribution in [0.4, 0.5) is 5.82 Å². The van der Waals surface area contributed by atoms with E-state index in [4.69, 9.17) is 0 Å². The van der Waals surface area contributed by atoms with Gasteiger partial charge in [-0.2, -0.15) is 0 Å². The summed E-state index contributed by atoms with van der Waals surface area (Å²) in [6.45, 7) is 9.78. The number of nitrogens with one attached hydrogen (secondary N) is 1. The van der Waals surface area contributed by atoms with Gasteiger partial charge < -0.3 is 10.2 Å². The lowest BCUT2D eigenvalue weighted by Gasteiger charge is -2.27.